The average Bonchev–Trinajstić information content (AvgIpc) is 3.10. The summed E-state index contributed by atoms with van der Waals surface area (Å²) in [6, 6.07) is 8.11. The van der Waals surface area contributed by atoms with Gasteiger partial charge in [-0.05, 0) is 38.1 Å². The first kappa shape index (κ1) is 21.1. The molecule has 1 aromatic carbocycles. The van der Waals surface area contributed by atoms with Crippen LogP contribution in [0.4, 0.5) is 5.69 Å². The Bertz CT molecular complexity index is 1070. The highest BCUT2D eigenvalue weighted by Crippen LogP contribution is 2.33. The summed E-state index contributed by atoms with van der Waals surface area (Å²) in [4.78, 5) is 25.4. The molecule has 2 aromatic heterocycles. The molecule has 1 amide bonds. The second kappa shape index (κ2) is 8.93. The highest BCUT2D eigenvalue weighted by molar-refractivity contribution is 6.31. The molecule has 0 atom stereocenters. The molecule has 0 spiro atoms. The number of amides is 1. The van der Waals surface area contributed by atoms with Gasteiger partial charge in [-0.25, -0.2) is 9.97 Å². The van der Waals surface area contributed by atoms with Crippen LogP contribution in [0.1, 0.15) is 11.4 Å². The SMILES string of the molecule is COc1ncc(-c2cc(Cl)ccc2N2CCN(C(=O)Cn3nc(C)cc3C)CC2)cn1. The van der Waals surface area contributed by atoms with Gasteiger partial charge in [0, 0.05) is 66.1 Å². The molecule has 9 heteroatoms. The number of aryl methyl sites for hydroxylation is 2. The Hall–Kier alpha value is -3.13. The monoisotopic (exact) mass is 440 g/mol. The van der Waals surface area contributed by atoms with Crippen molar-refractivity contribution in [3.63, 3.8) is 0 Å². The third-order valence-electron chi connectivity index (χ3n) is 5.44. The van der Waals surface area contributed by atoms with E-state index < -0.39 is 0 Å². The fourth-order valence-corrected chi connectivity index (χ4v) is 4.01. The quantitative estimate of drug-likeness (QED) is 0.607. The van der Waals surface area contributed by atoms with E-state index in [-0.39, 0.29) is 12.5 Å². The van der Waals surface area contributed by atoms with Gasteiger partial charge in [-0.1, -0.05) is 11.6 Å². The molecule has 0 aliphatic carbocycles. The van der Waals surface area contributed by atoms with Crippen molar-refractivity contribution in [3.8, 4) is 17.1 Å². The van der Waals surface area contributed by atoms with Crippen LogP contribution in [0, 0.1) is 13.8 Å². The van der Waals surface area contributed by atoms with Crippen LogP contribution < -0.4 is 9.64 Å². The minimum absolute atomic E-state index is 0.0886. The van der Waals surface area contributed by atoms with E-state index in [4.69, 9.17) is 16.3 Å². The molecule has 1 aliphatic rings. The number of ether oxygens (including phenoxy) is 1. The number of aromatic nitrogens is 4. The van der Waals surface area contributed by atoms with Gasteiger partial charge in [0.25, 0.3) is 0 Å². The molecule has 1 aliphatic heterocycles. The number of methoxy groups -OCH3 is 1. The van der Waals surface area contributed by atoms with Crippen molar-refractivity contribution in [2.45, 2.75) is 20.4 Å². The van der Waals surface area contributed by atoms with Crippen LogP contribution in [0.5, 0.6) is 6.01 Å². The van der Waals surface area contributed by atoms with Gasteiger partial charge >= 0.3 is 6.01 Å². The van der Waals surface area contributed by atoms with Gasteiger partial charge < -0.3 is 14.5 Å². The van der Waals surface area contributed by atoms with Crippen LogP contribution in [0.3, 0.4) is 0 Å². The third-order valence-corrected chi connectivity index (χ3v) is 5.68. The standard InChI is InChI=1S/C22H25ClN6O2/c1-15-10-16(2)29(26-15)14-21(30)28-8-6-27(7-9-28)20-5-4-18(23)11-19(20)17-12-24-22(31-3)25-13-17/h4-5,10-13H,6-9,14H2,1-3H3. The van der Waals surface area contributed by atoms with Gasteiger partial charge in [0.2, 0.25) is 5.91 Å². The number of rotatable bonds is 5. The summed E-state index contributed by atoms with van der Waals surface area (Å²) in [5.74, 6) is 0.0886. The lowest BCUT2D eigenvalue weighted by Gasteiger charge is -2.37. The van der Waals surface area contributed by atoms with E-state index in [1.165, 1.54) is 7.11 Å². The number of hydrogen-bond donors (Lipinski definition) is 0. The Kier molecular flexibility index (Phi) is 6.08. The van der Waals surface area contributed by atoms with Gasteiger partial charge in [0.1, 0.15) is 6.54 Å². The molecule has 0 unspecified atom stereocenters. The van der Waals surface area contributed by atoms with Crippen molar-refractivity contribution < 1.29 is 9.53 Å². The molecule has 8 nitrogen and oxygen atoms in total. The lowest BCUT2D eigenvalue weighted by Crippen LogP contribution is -2.49. The molecule has 3 heterocycles. The summed E-state index contributed by atoms with van der Waals surface area (Å²) < 4.78 is 6.83. The molecule has 0 radical (unpaired) electrons. The summed E-state index contributed by atoms with van der Waals surface area (Å²) in [6.45, 7) is 6.94. The first-order valence-corrected chi connectivity index (χ1v) is 10.5. The largest absolute Gasteiger partial charge is 0.467 e. The Morgan fingerprint density at radius 3 is 2.42 bits per heavy atom. The van der Waals surface area contributed by atoms with Crippen LogP contribution in [-0.2, 0) is 11.3 Å². The Balaban J connectivity index is 1.47. The normalized spacial score (nSPS) is 14.1. The van der Waals surface area contributed by atoms with Gasteiger partial charge in [-0.15, -0.1) is 0 Å². The molecule has 0 N–H and O–H groups in total. The maximum Gasteiger partial charge on any atom is 0.316 e. The summed E-state index contributed by atoms with van der Waals surface area (Å²) in [5, 5.41) is 5.05. The van der Waals surface area contributed by atoms with E-state index >= 15 is 0 Å². The average molecular weight is 441 g/mol. The minimum Gasteiger partial charge on any atom is -0.467 e. The Morgan fingerprint density at radius 2 is 1.81 bits per heavy atom. The van der Waals surface area contributed by atoms with Crippen molar-refractivity contribution in [2.75, 3.05) is 38.2 Å². The van der Waals surface area contributed by atoms with E-state index in [9.17, 15) is 4.79 Å². The Morgan fingerprint density at radius 1 is 1.10 bits per heavy atom. The molecule has 162 valence electrons. The molecule has 3 aromatic rings. The van der Waals surface area contributed by atoms with Crippen LogP contribution in [0.2, 0.25) is 5.02 Å². The zero-order valence-corrected chi connectivity index (χ0v) is 18.6. The summed E-state index contributed by atoms with van der Waals surface area (Å²) in [5.41, 5.74) is 4.78. The van der Waals surface area contributed by atoms with Crippen LogP contribution in [0.25, 0.3) is 11.1 Å². The molecular weight excluding hydrogens is 416 g/mol. The van der Waals surface area contributed by atoms with Gasteiger partial charge in [-0.2, -0.15) is 5.10 Å². The second-order valence-corrected chi connectivity index (χ2v) is 8.01. The number of piperazine rings is 1. The predicted octanol–water partition coefficient (Wildman–Crippen LogP) is 2.97. The third kappa shape index (κ3) is 4.64. The lowest BCUT2D eigenvalue weighted by atomic mass is 10.1. The van der Waals surface area contributed by atoms with Gasteiger partial charge in [0.15, 0.2) is 0 Å². The number of halogens is 1. The summed E-state index contributed by atoms with van der Waals surface area (Å²) in [7, 11) is 1.54. The number of nitrogens with zero attached hydrogens (tertiary/aromatic N) is 6. The fraction of sp³-hybridized carbons (Fsp3) is 0.364. The number of carbonyl (C=O) groups excluding carboxylic acids is 1. The van der Waals surface area contributed by atoms with Crippen molar-refractivity contribution in [1.82, 2.24) is 24.6 Å². The molecule has 0 saturated carbocycles. The highest BCUT2D eigenvalue weighted by Gasteiger charge is 2.24. The van der Waals surface area contributed by atoms with Gasteiger partial charge in [-0.3, -0.25) is 9.48 Å². The maximum absolute atomic E-state index is 12.8. The zero-order chi connectivity index (χ0) is 22.0. The summed E-state index contributed by atoms with van der Waals surface area (Å²) >= 11 is 6.28. The molecule has 0 bridgehead atoms. The summed E-state index contributed by atoms with van der Waals surface area (Å²) in [6.07, 6.45) is 3.46. The molecule has 1 saturated heterocycles. The van der Waals surface area contributed by atoms with E-state index in [0.717, 1.165) is 41.3 Å². The van der Waals surface area contributed by atoms with Crippen LogP contribution >= 0.6 is 11.6 Å². The maximum atomic E-state index is 12.8. The van der Waals surface area contributed by atoms with Gasteiger partial charge in [0.05, 0.1) is 12.8 Å². The topological polar surface area (TPSA) is 76.4 Å². The molecule has 31 heavy (non-hydrogen) atoms. The van der Waals surface area contributed by atoms with E-state index in [0.29, 0.717) is 24.1 Å². The van der Waals surface area contributed by atoms with Crippen molar-refractivity contribution in [2.24, 2.45) is 0 Å². The van der Waals surface area contributed by atoms with E-state index in [1.807, 2.05) is 43.0 Å². The van der Waals surface area contributed by atoms with E-state index in [1.54, 1.807) is 17.1 Å². The van der Waals surface area contributed by atoms with Crippen molar-refractivity contribution in [1.29, 1.82) is 0 Å². The fourth-order valence-electron chi connectivity index (χ4n) is 3.84. The Labute approximate surface area is 186 Å². The molecule has 1 fully saturated rings. The van der Waals surface area contributed by atoms with Crippen LogP contribution in [-0.4, -0.2) is 63.8 Å². The van der Waals surface area contributed by atoms with Crippen LogP contribution in [0.15, 0.2) is 36.7 Å². The first-order valence-electron chi connectivity index (χ1n) is 10.1. The van der Waals surface area contributed by atoms with Crippen molar-refractivity contribution in [3.05, 3.63) is 53.1 Å². The number of anilines is 1. The predicted molar refractivity (Wildman–Crippen MR) is 120 cm³/mol. The second-order valence-electron chi connectivity index (χ2n) is 7.57. The molecule has 4 rings (SSSR count). The van der Waals surface area contributed by atoms with E-state index in [2.05, 4.69) is 20.0 Å². The highest BCUT2D eigenvalue weighted by atomic mass is 35.5. The number of hydrogen-bond acceptors (Lipinski definition) is 6. The first-order chi connectivity index (χ1) is 14.9. The van der Waals surface area contributed by atoms with Crippen molar-refractivity contribution >= 4 is 23.2 Å². The lowest BCUT2D eigenvalue weighted by molar-refractivity contribution is -0.132. The minimum atomic E-state index is 0.0886. The zero-order valence-electron chi connectivity index (χ0n) is 17.9. The smallest absolute Gasteiger partial charge is 0.316 e. The number of benzene rings is 1. The molecular formula is C22H25ClN6O2. The number of carbonyl (C=O) groups is 1.